The lowest BCUT2D eigenvalue weighted by atomic mass is 10.1. The first-order valence-corrected chi connectivity index (χ1v) is 7.02. The predicted octanol–water partition coefficient (Wildman–Crippen LogP) is 0.103. The fourth-order valence-electron chi connectivity index (χ4n) is 3.25. The number of methoxy groups -OCH3 is 2. The van der Waals surface area contributed by atoms with E-state index in [2.05, 4.69) is 9.80 Å². The highest BCUT2D eigenvalue weighted by Gasteiger charge is 2.33. The molecule has 0 spiro atoms. The first-order chi connectivity index (χ1) is 8.78. The summed E-state index contributed by atoms with van der Waals surface area (Å²) in [6.45, 7) is 5.42. The van der Waals surface area contributed by atoms with Crippen LogP contribution >= 0.6 is 0 Å². The highest BCUT2D eigenvalue weighted by atomic mass is 16.7. The van der Waals surface area contributed by atoms with Crippen molar-refractivity contribution in [3.05, 3.63) is 0 Å². The first-order valence-electron chi connectivity index (χ1n) is 7.02. The summed E-state index contributed by atoms with van der Waals surface area (Å²) < 4.78 is 10.6. The summed E-state index contributed by atoms with van der Waals surface area (Å²) in [5, 5.41) is 0. The van der Waals surface area contributed by atoms with Gasteiger partial charge in [0.15, 0.2) is 6.29 Å². The van der Waals surface area contributed by atoms with E-state index in [1.165, 1.54) is 25.9 Å². The van der Waals surface area contributed by atoms with Crippen molar-refractivity contribution in [1.29, 1.82) is 0 Å². The van der Waals surface area contributed by atoms with Crippen molar-refractivity contribution >= 4 is 0 Å². The van der Waals surface area contributed by atoms with E-state index in [4.69, 9.17) is 15.2 Å². The molecule has 2 saturated heterocycles. The molecular weight excluding hydrogens is 230 g/mol. The standard InChI is InChI=1S/C13H27N3O2/c1-17-13(18-2)8-12(9-14)16-7-6-15-5-3-4-11(15)10-16/h11-13H,3-10,14H2,1-2H3. The second-order valence-electron chi connectivity index (χ2n) is 5.35. The number of hydrogen-bond acceptors (Lipinski definition) is 5. The average molecular weight is 257 g/mol. The fourth-order valence-corrected chi connectivity index (χ4v) is 3.25. The molecule has 2 aliphatic rings. The van der Waals surface area contributed by atoms with Crippen LogP contribution in [-0.2, 0) is 9.47 Å². The first kappa shape index (κ1) is 14.2. The van der Waals surface area contributed by atoms with Crippen LogP contribution in [0, 0.1) is 0 Å². The fraction of sp³-hybridized carbons (Fsp3) is 1.00. The Morgan fingerprint density at radius 2 is 2.00 bits per heavy atom. The number of rotatable bonds is 6. The van der Waals surface area contributed by atoms with E-state index in [0.29, 0.717) is 12.6 Å². The lowest BCUT2D eigenvalue weighted by molar-refractivity contribution is -0.118. The third-order valence-corrected chi connectivity index (χ3v) is 4.40. The smallest absolute Gasteiger partial charge is 0.158 e. The van der Waals surface area contributed by atoms with Gasteiger partial charge in [-0.25, -0.2) is 0 Å². The number of piperazine rings is 1. The minimum absolute atomic E-state index is 0.139. The molecule has 0 bridgehead atoms. The Hall–Kier alpha value is -0.200. The van der Waals surface area contributed by atoms with Crippen LogP contribution < -0.4 is 5.73 Å². The molecule has 5 heteroatoms. The van der Waals surface area contributed by atoms with Gasteiger partial charge < -0.3 is 15.2 Å². The van der Waals surface area contributed by atoms with Crippen LogP contribution in [0.15, 0.2) is 0 Å². The minimum Gasteiger partial charge on any atom is -0.356 e. The molecule has 2 N–H and O–H groups in total. The van der Waals surface area contributed by atoms with Crippen molar-refractivity contribution in [3.8, 4) is 0 Å². The van der Waals surface area contributed by atoms with Crippen LogP contribution in [0.4, 0.5) is 0 Å². The average Bonchev–Trinajstić information content (AvgIpc) is 2.87. The Morgan fingerprint density at radius 1 is 1.22 bits per heavy atom. The van der Waals surface area contributed by atoms with E-state index in [9.17, 15) is 0 Å². The molecule has 2 rings (SSSR count). The monoisotopic (exact) mass is 257 g/mol. The minimum atomic E-state index is -0.139. The molecule has 0 aliphatic carbocycles. The van der Waals surface area contributed by atoms with Crippen molar-refractivity contribution < 1.29 is 9.47 Å². The summed E-state index contributed by atoms with van der Waals surface area (Å²) in [6, 6.07) is 1.12. The second kappa shape index (κ2) is 6.82. The Morgan fingerprint density at radius 3 is 2.67 bits per heavy atom. The summed E-state index contributed by atoms with van der Waals surface area (Å²) in [6.07, 6.45) is 3.41. The van der Waals surface area contributed by atoms with Crippen LogP contribution in [0.3, 0.4) is 0 Å². The number of fused-ring (bicyclic) bond motifs is 1. The van der Waals surface area contributed by atoms with Gasteiger partial charge >= 0.3 is 0 Å². The van der Waals surface area contributed by atoms with Crippen LogP contribution in [0.2, 0.25) is 0 Å². The van der Waals surface area contributed by atoms with Crippen molar-refractivity contribution in [3.63, 3.8) is 0 Å². The maximum Gasteiger partial charge on any atom is 0.158 e. The molecule has 2 fully saturated rings. The number of ether oxygens (including phenoxy) is 2. The Kier molecular flexibility index (Phi) is 5.38. The predicted molar refractivity (Wildman–Crippen MR) is 71.4 cm³/mol. The highest BCUT2D eigenvalue weighted by Crippen LogP contribution is 2.23. The third kappa shape index (κ3) is 3.22. The molecule has 0 radical (unpaired) electrons. The summed E-state index contributed by atoms with van der Waals surface area (Å²) in [5.41, 5.74) is 5.93. The van der Waals surface area contributed by atoms with E-state index in [0.717, 1.165) is 25.6 Å². The molecule has 0 aromatic heterocycles. The van der Waals surface area contributed by atoms with E-state index >= 15 is 0 Å². The molecule has 5 nitrogen and oxygen atoms in total. The molecule has 0 aromatic rings. The van der Waals surface area contributed by atoms with Crippen LogP contribution in [0.5, 0.6) is 0 Å². The highest BCUT2D eigenvalue weighted by molar-refractivity contribution is 4.89. The third-order valence-electron chi connectivity index (χ3n) is 4.40. The van der Waals surface area contributed by atoms with Crippen LogP contribution in [0.1, 0.15) is 19.3 Å². The molecule has 2 atom stereocenters. The van der Waals surface area contributed by atoms with Gasteiger partial charge in [-0.05, 0) is 19.4 Å². The quantitative estimate of drug-likeness (QED) is 0.684. The zero-order valence-corrected chi connectivity index (χ0v) is 11.7. The van der Waals surface area contributed by atoms with Gasteiger partial charge in [-0.3, -0.25) is 9.80 Å². The number of hydrogen-bond donors (Lipinski definition) is 1. The Labute approximate surface area is 110 Å². The van der Waals surface area contributed by atoms with Gasteiger partial charge in [-0.1, -0.05) is 0 Å². The maximum atomic E-state index is 5.93. The van der Waals surface area contributed by atoms with Gasteiger partial charge in [0.2, 0.25) is 0 Å². The second-order valence-corrected chi connectivity index (χ2v) is 5.35. The van der Waals surface area contributed by atoms with E-state index < -0.39 is 0 Å². The number of nitrogens with zero attached hydrogens (tertiary/aromatic N) is 2. The molecule has 0 amide bonds. The largest absolute Gasteiger partial charge is 0.356 e. The van der Waals surface area contributed by atoms with Crippen LogP contribution in [0.25, 0.3) is 0 Å². The number of nitrogens with two attached hydrogens (primary N) is 1. The molecule has 0 aromatic carbocycles. The van der Waals surface area contributed by atoms with Gasteiger partial charge in [0.1, 0.15) is 0 Å². The molecule has 18 heavy (non-hydrogen) atoms. The zero-order valence-electron chi connectivity index (χ0n) is 11.7. The van der Waals surface area contributed by atoms with Gasteiger partial charge in [0.25, 0.3) is 0 Å². The van der Waals surface area contributed by atoms with E-state index in [1.807, 2.05) is 0 Å². The molecule has 106 valence electrons. The normalized spacial score (nSPS) is 27.7. The van der Waals surface area contributed by atoms with Crippen LogP contribution in [-0.4, -0.2) is 75.1 Å². The molecule has 2 unspecified atom stereocenters. The molecule has 0 saturated carbocycles. The van der Waals surface area contributed by atoms with Gasteiger partial charge in [-0.2, -0.15) is 0 Å². The maximum absolute atomic E-state index is 5.93. The van der Waals surface area contributed by atoms with Crippen molar-refractivity contribution in [2.24, 2.45) is 5.73 Å². The molecule has 2 heterocycles. The van der Waals surface area contributed by atoms with Crippen molar-refractivity contribution in [2.75, 3.05) is 46.9 Å². The molecular formula is C13H27N3O2. The van der Waals surface area contributed by atoms with E-state index in [1.54, 1.807) is 14.2 Å². The van der Waals surface area contributed by atoms with E-state index in [-0.39, 0.29) is 6.29 Å². The van der Waals surface area contributed by atoms with Crippen molar-refractivity contribution in [2.45, 2.75) is 37.6 Å². The summed E-state index contributed by atoms with van der Waals surface area (Å²) in [7, 11) is 3.38. The Balaban J connectivity index is 1.87. The SMILES string of the molecule is COC(CC(CN)N1CCN2CCCC2C1)OC. The van der Waals surface area contributed by atoms with Crippen molar-refractivity contribution in [1.82, 2.24) is 9.80 Å². The summed E-state index contributed by atoms with van der Waals surface area (Å²) >= 11 is 0. The molecule has 2 aliphatic heterocycles. The lowest BCUT2D eigenvalue weighted by Crippen LogP contribution is -2.55. The summed E-state index contributed by atoms with van der Waals surface area (Å²) in [4.78, 5) is 5.14. The van der Waals surface area contributed by atoms with Gasteiger partial charge in [0.05, 0.1) is 0 Å². The topological polar surface area (TPSA) is 51.0 Å². The van der Waals surface area contributed by atoms with Gasteiger partial charge in [0, 0.05) is 58.9 Å². The Bertz CT molecular complexity index is 246. The van der Waals surface area contributed by atoms with Gasteiger partial charge in [-0.15, -0.1) is 0 Å². The summed E-state index contributed by atoms with van der Waals surface area (Å²) in [5.74, 6) is 0. The lowest BCUT2D eigenvalue weighted by Gasteiger charge is -2.42. The zero-order chi connectivity index (χ0) is 13.0.